The maximum atomic E-state index is 13.0. The Balaban J connectivity index is 1.98. The zero-order valence-corrected chi connectivity index (χ0v) is 16.7. The summed E-state index contributed by atoms with van der Waals surface area (Å²) in [6.07, 6.45) is 3.44. The van der Waals surface area contributed by atoms with Gasteiger partial charge in [0, 0.05) is 31.3 Å². The fourth-order valence-corrected chi connectivity index (χ4v) is 3.26. The van der Waals surface area contributed by atoms with E-state index in [1.807, 2.05) is 0 Å². The summed E-state index contributed by atoms with van der Waals surface area (Å²) in [4.78, 5) is 67.1. The first-order chi connectivity index (χ1) is 14.7. The molecule has 0 radical (unpaired) electrons. The van der Waals surface area contributed by atoms with Crippen molar-refractivity contribution in [2.24, 2.45) is 5.73 Å². The molecule has 31 heavy (non-hydrogen) atoms. The van der Waals surface area contributed by atoms with Crippen molar-refractivity contribution in [2.45, 2.75) is 50.2 Å². The molecule has 0 spiro atoms. The van der Waals surface area contributed by atoms with Crippen molar-refractivity contribution >= 4 is 29.7 Å². The SMILES string of the molecule is NC(CCC(=O)O)C(=O)NCC(=O)NC(Cc1cnc[nH]1)C(=O)N1CCCC1C(=O)O. The second-order valence-electron chi connectivity index (χ2n) is 7.19. The van der Waals surface area contributed by atoms with Crippen molar-refractivity contribution in [1.29, 1.82) is 0 Å². The number of aliphatic carboxylic acids is 2. The molecule has 1 aliphatic rings. The number of nitrogens with zero attached hydrogens (tertiary/aromatic N) is 2. The normalized spacial score (nSPS) is 17.6. The monoisotopic (exact) mass is 438 g/mol. The number of hydrogen-bond donors (Lipinski definition) is 6. The molecular formula is C18H26N6O7. The molecule has 1 saturated heterocycles. The van der Waals surface area contributed by atoms with Gasteiger partial charge in [-0.2, -0.15) is 0 Å². The largest absolute Gasteiger partial charge is 0.481 e. The number of nitrogens with two attached hydrogens (primary N) is 1. The number of nitrogens with one attached hydrogen (secondary N) is 3. The highest BCUT2D eigenvalue weighted by Gasteiger charge is 2.37. The fourth-order valence-electron chi connectivity index (χ4n) is 3.26. The van der Waals surface area contributed by atoms with Gasteiger partial charge in [0.25, 0.3) is 0 Å². The summed E-state index contributed by atoms with van der Waals surface area (Å²) < 4.78 is 0. The lowest BCUT2D eigenvalue weighted by molar-refractivity contribution is -0.149. The first-order valence-corrected chi connectivity index (χ1v) is 9.74. The highest BCUT2D eigenvalue weighted by molar-refractivity contribution is 5.93. The number of carboxylic acids is 2. The third-order valence-electron chi connectivity index (χ3n) is 4.86. The van der Waals surface area contributed by atoms with Crippen molar-refractivity contribution < 1.29 is 34.2 Å². The van der Waals surface area contributed by atoms with Gasteiger partial charge in [-0.1, -0.05) is 0 Å². The quantitative estimate of drug-likeness (QED) is 0.222. The minimum atomic E-state index is -1.11. The van der Waals surface area contributed by atoms with E-state index in [2.05, 4.69) is 20.6 Å². The van der Waals surface area contributed by atoms with Crippen molar-refractivity contribution in [3.8, 4) is 0 Å². The Morgan fingerprint density at radius 2 is 2.03 bits per heavy atom. The summed E-state index contributed by atoms with van der Waals surface area (Å²) in [5.41, 5.74) is 6.14. The van der Waals surface area contributed by atoms with E-state index < -0.39 is 54.3 Å². The van der Waals surface area contributed by atoms with Gasteiger partial charge < -0.3 is 36.5 Å². The lowest BCUT2D eigenvalue weighted by Gasteiger charge is -2.27. The van der Waals surface area contributed by atoms with E-state index >= 15 is 0 Å². The molecule has 3 unspecified atom stereocenters. The standard InChI is InChI=1S/C18H26N6O7/c19-11(3-4-15(26)27)16(28)21-8-14(25)23-12(6-10-7-20-9-22-10)17(29)24-5-1-2-13(24)18(30)31/h7,9,11-13H,1-6,8,19H2,(H,20,22)(H,21,28)(H,23,25)(H,26,27)(H,30,31). The Hall–Kier alpha value is -3.48. The van der Waals surface area contributed by atoms with E-state index in [0.29, 0.717) is 18.5 Å². The number of carbonyl (C=O) groups excluding carboxylic acids is 3. The number of amides is 3. The van der Waals surface area contributed by atoms with Crippen LogP contribution in [-0.4, -0.2) is 86.0 Å². The van der Waals surface area contributed by atoms with Gasteiger partial charge in [0.05, 0.1) is 18.9 Å². The van der Waals surface area contributed by atoms with E-state index in [4.69, 9.17) is 10.8 Å². The van der Waals surface area contributed by atoms with E-state index in [1.165, 1.54) is 17.4 Å². The number of rotatable bonds is 11. The lowest BCUT2D eigenvalue weighted by atomic mass is 10.1. The van der Waals surface area contributed by atoms with Crippen LogP contribution in [0.5, 0.6) is 0 Å². The molecule has 13 nitrogen and oxygen atoms in total. The number of likely N-dealkylation sites (tertiary alicyclic amines) is 1. The minimum Gasteiger partial charge on any atom is -0.481 e. The molecule has 7 N–H and O–H groups in total. The zero-order valence-electron chi connectivity index (χ0n) is 16.7. The topological polar surface area (TPSA) is 208 Å². The molecule has 1 aliphatic heterocycles. The number of carboxylic acid groups (broad SMARTS) is 2. The van der Waals surface area contributed by atoms with Gasteiger partial charge >= 0.3 is 11.9 Å². The first kappa shape index (κ1) is 23.8. The second-order valence-corrected chi connectivity index (χ2v) is 7.19. The molecule has 1 aromatic heterocycles. The van der Waals surface area contributed by atoms with E-state index in [0.717, 1.165) is 0 Å². The maximum Gasteiger partial charge on any atom is 0.326 e. The Morgan fingerprint density at radius 1 is 1.29 bits per heavy atom. The average molecular weight is 438 g/mol. The first-order valence-electron chi connectivity index (χ1n) is 9.74. The summed E-state index contributed by atoms with van der Waals surface area (Å²) in [7, 11) is 0. The Kier molecular flexibility index (Phi) is 8.49. The summed E-state index contributed by atoms with van der Waals surface area (Å²) in [5, 5.41) is 22.8. The summed E-state index contributed by atoms with van der Waals surface area (Å²) in [6.45, 7) is -0.213. The number of hydrogen-bond acceptors (Lipinski definition) is 7. The van der Waals surface area contributed by atoms with Crippen LogP contribution in [0.2, 0.25) is 0 Å². The van der Waals surface area contributed by atoms with Crippen LogP contribution in [0.3, 0.4) is 0 Å². The van der Waals surface area contributed by atoms with E-state index in [-0.39, 0.29) is 25.8 Å². The molecule has 1 fully saturated rings. The van der Waals surface area contributed by atoms with Crippen LogP contribution >= 0.6 is 0 Å². The summed E-state index contributed by atoms with van der Waals surface area (Å²) >= 11 is 0. The average Bonchev–Trinajstić information content (AvgIpc) is 3.41. The number of imidazole rings is 1. The number of carbonyl (C=O) groups is 5. The lowest BCUT2D eigenvalue weighted by Crippen LogP contribution is -2.54. The van der Waals surface area contributed by atoms with Crippen LogP contribution in [0.25, 0.3) is 0 Å². The molecule has 1 aromatic rings. The molecular weight excluding hydrogens is 412 g/mol. The molecule has 2 heterocycles. The summed E-state index contributed by atoms with van der Waals surface area (Å²) in [6, 6.07) is -3.11. The van der Waals surface area contributed by atoms with Gasteiger partial charge in [0.2, 0.25) is 17.7 Å². The third-order valence-corrected chi connectivity index (χ3v) is 4.86. The Labute approximate surface area is 177 Å². The fraction of sp³-hybridized carbons (Fsp3) is 0.556. The highest BCUT2D eigenvalue weighted by atomic mass is 16.4. The highest BCUT2D eigenvalue weighted by Crippen LogP contribution is 2.19. The van der Waals surface area contributed by atoms with Crippen molar-refractivity contribution in [1.82, 2.24) is 25.5 Å². The zero-order chi connectivity index (χ0) is 23.0. The van der Waals surface area contributed by atoms with Crippen LogP contribution in [0.1, 0.15) is 31.4 Å². The van der Waals surface area contributed by atoms with Gasteiger partial charge in [-0.05, 0) is 19.3 Å². The minimum absolute atomic E-state index is 0.0550. The van der Waals surface area contributed by atoms with Crippen molar-refractivity contribution in [2.75, 3.05) is 13.1 Å². The molecule has 13 heteroatoms. The Bertz CT molecular complexity index is 812. The molecule has 0 saturated carbocycles. The van der Waals surface area contributed by atoms with Crippen LogP contribution in [-0.2, 0) is 30.4 Å². The molecule has 3 atom stereocenters. The smallest absolute Gasteiger partial charge is 0.326 e. The van der Waals surface area contributed by atoms with Crippen LogP contribution < -0.4 is 16.4 Å². The van der Waals surface area contributed by atoms with Gasteiger partial charge in [0.1, 0.15) is 12.1 Å². The van der Waals surface area contributed by atoms with Gasteiger partial charge in [-0.25, -0.2) is 9.78 Å². The van der Waals surface area contributed by atoms with Gasteiger partial charge in [0.15, 0.2) is 0 Å². The van der Waals surface area contributed by atoms with E-state index in [9.17, 15) is 29.1 Å². The van der Waals surface area contributed by atoms with Crippen LogP contribution in [0.4, 0.5) is 0 Å². The summed E-state index contributed by atoms with van der Waals surface area (Å²) in [5.74, 6) is -4.12. The van der Waals surface area contributed by atoms with Crippen molar-refractivity contribution in [3.05, 3.63) is 18.2 Å². The maximum absolute atomic E-state index is 13.0. The Morgan fingerprint density at radius 3 is 2.65 bits per heavy atom. The number of H-pyrrole nitrogens is 1. The molecule has 170 valence electrons. The second kappa shape index (κ2) is 11.1. The van der Waals surface area contributed by atoms with Gasteiger partial charge in [-0.3, -0.25) is 19.2 Å². The van der Waals surface area contributed by atoms with Crippen molar-refractivity contribution in [3.63, 3.8) is 0 Å². The number of aromatic amines is 1. The molecule has 2 rings (SSSR count). The van der Waals surface area contributed by atoms with Crippen LogP contribution in [0.15, 0.2) is 12.5 Å². The van der Waals surface area contributed by atoms with Crippen LogP contribution in [0, 0.1) is 0 Å². The van der Waals surface area contributed by atoms with E-state index in [1.54, 1.807) is 0 Å². The van der Waals surface area contributed by atoms with Gasteiger partial charge in [-0.15, -0.1) is 0 Å². The molecule has 0 bridgehead atoms. The number of aromatic nitrogens is 2. The third kappa shape index (κ3) is 7.06. The molecule has 0 aliphatic carbocycles. The molecule has 3 amide bonds. The molecule has 0 aromatic carbocycles. The predicted molar refractivity (Wildman–Crippen MR) is 104 cm³/mol. The predicted octanol–water partition coefficient (Wildman–Crippen LogP) is -2.18.